The van der Waals surface area contributed by atoms with E-state index in [0.29, 0.717) is 18.1 Å². The van der Waals surface area contributed by atoms with Crippen LogP contribution in [0.15, 0.2) is 55.2 Å². The molecule has 1 amide bonds. The minimum Gasteiger partial charge on any atom is -0.475 e. The van der Waals surface area contributed by atoms with E-state index in [1.54, 1.807) is 18.6 Å². The summed E-state index contributed by atoms with van der Waals surface area (Å²) in [6.07, 6.45) is 1.73. The largest absolute Gasteiger partial charge is 0.490 e. The molecule has 0 atom stereocenters. The third-order valence-electron chi connectivity index (χ3n) is 4.26. The second kappa shape index (κ2) is 11.8. The molecule has 0 aliphatic rings. The van der Waals surface area contributed by atoms with Gasteiger partial charge in [0.1, 0.15) is 11.9 Å². The van der Waals surface area contributed by atoms with Gasteiger partial charge in [0.2, 0.25) is 11.7 Å². The van der Waals surface area contributed by atoms with Crippen LogP contribution in [0.4, 0.5) is 24.7 Å². The molecule has 190 valence electrons. The van der Waals surface area contributed by atoms with Crippen molar-refractivity contribution in [1.82, 2.24) is 19.5 Å². The summed E-state index contributed by atoms with van der Waals surface area (Å²) in [6, 6.07) is 11.2. The lowest BCUT2D eigenvalue weighted by atomic mass is 9.96. The van der Waals surface area contributed by atoms with Crippen LogP contribution in [0.5, 0.6) is 0 Å². The van der Waals surface area contributed by atoms with E-state index >= 15 is 0 Å². The molecule has 36 heavy (non-hydrogen) atoms. The monoisotopic (exact) mass is 503 g/mol. The van der Waals surface area contributed by atoms with Crippen LogP contribution in [-0.4, -0.2) is 55.8 Å². The number of aromatic nitrogens is 4. The first-order valence-corrected chi connectivity index (χ1v) is 10.4. The number of imidazole rings is 1. The summed E-state index contributed by atoms with van der Waals surface area (Å²) in [7, 11) is 0. The van der Waals surface area contributed by atoms with Gasteiger partial charge < -0.3 is 19.9 Å². The van der Waals surface area contributed by atoms with Crippen LogP contribution in [0.2, 0.25) is 0 Å². The number of nitrogens with one attached hydrogen (secondary N) is 1. The fourth-order valence-corrected chi connectivity index (χ4v) is 2.87. The number of rotatable bonds is 6. The molecule has 0 aliphatic heterocycles. The first-order chi connectivity index (χ1) is 16.8. The van der Waals surface area contributed by atoms with Crippen LogP contribution >= 0.6 is 0 Å². The van der Waals surface area contributed by atoms with Crippen LogP contribution < -0.4 is 10.2 Å². The molecule has 0 fully saturated rings. The Balaban J connectivity index is 0.000000572. The van der Waals surface area contributed by atoms with Crippen molar-refractivity contribution >= 4 is 23.4 Å². The molecule has 0 unspecified atom stereocenters. The highest BCUT2D eigenvalue weighted by Gasteiger charge is 2.38. The first kappa shape index (κ1) is 27.8. The van der Waals surface area contributed by atoms with E-state index in [0.717, 1.165) is 5.69 Å². The van der Waals surface area contributed by atoms with Gasteiger partial charge in [0, 0.05) is 36.5 Å². The van der Waals surface area contributed by atoms with Gasteiger partial charge in [-0.1, -0.05) is 20.8 Å². The van der Waals surface area contributed by atoms with Gasteiger partial charge in [-0.2, -0.15) is 18.4 Å². The lowest BCUT2D eigenvalue weighted by molar-refractivity contribution is -0.192. The average Bonchev–Trinajstić information content (AvgIpc) is 3.33. The van der Waals surface area contributed by atoms with E-state index < -0.39 is 12.1 Å². The summed E-state index contributed by atoms with van der Waals surface area (Å²) in [5, 5.41) is 19.1. The van der Waals surface area contributed by atoms with E-state index in [2.05, 4.69) is 41.0 Å². The molecule has 0 aliphatic carbocycles. The zero-order valence-electron chi connectivity index (χ0n) is 19.7. The number of nitriles is 1. The molecule has 3 rings (SSSR count). The summed E-state index contributed by atoms with van der Waals surface area (Å²) in [5.74, 6) is -2.29. The number of carboxylic acid groups (broad SMARTS) is 1. The van der Waals surface area contributed by atoms with Crippen LogP contribution in [0.3, 0.4) is 0 Å². The van der Waals surface area contributed by atoms with Crippen molar-refractivity contribution in [3.63, 3.8) is 0 Å². The molecule has 1 aromatic carbocycles. The number of benzene rings is 1. The number of hydrogen-bond acceptors (Lipinski definition) is 7. The standard InChI is InChI=1S/C21H23N7O.C2HF3O2/c1-21(2,3)14-28(19-8-9-24-18(12-22)26-19)13-20(29)25-16-4-6-17(7-5-16)27-11-10-23-15-27;3-2(4,5)1(6)7/h4-11,15H,13-14H2,1-3H3,(H,25,29);(H,6,7). The SMILES string of the molecule is CC(C)(C)CN(CC(=O)Nc1ccc(-n2ccnc2)cc1)c1ccnc(C#N)n1.O=C(O)C(F)(F)F. The number of carboxylic acids is 1. The van der Waals surface area contributed by atoms with Crippen molar-refractivity contribution in [2.75, 3.05) is 23.3 Å². The Labute approximate surface area is 205 Å². The third kappa shape index (κ3) is 9.05. The summed E-state index contributed by atoms with van der Waals surface area (Å²) in [5.41, 5.74) is 1.60. The molecule has 2 N–H and O–H groups in total. The maximum atomic E-state index is 12.7. The molecule has 3 aromatic rings. The molecule has 0 bridgehead atoms. The van der Waals surface area contributed by atoms with Crippen LogP contribution in [-0.2, 0) is 9.59 Å². The van der Waals surface area contributed by atoms with E-state index in [-0.39, 0.29) is 23.7 Å². The lowest BCUT2D eigenvalue weighted by Gasteiger charge is -2.30. The number of anilines is 2. The Morgan fingerprint density at radius 1 is 1.14 bits per heavy atom. The highest BCUT2D eigenvalue weighted by atomic mass is 19.4. The Morgan fingerprint density at radius 2 is 1.78 bits per heavy atom. The Morgan fingerprint density at radius 3 is 2.28 bits per heavy atom. The zero-order valence-corrected chi connectivity index (χ0v) is 19.7. The van der Waals surface area contributed by atoms with Crippen molar-refractivity contribution in [2.45, 2.75) is 26.9 Å². The molecule has 10 nitrogen and oxygen atoms in total. The van der Waals surface area contributed by atoms with Crippen molar-refractivity contribution < 1.29 is 27.9 Å². The lowest BCUT2D eigenvalue weighted by Crippen LogP contribution is -2.39. The summed E-state index contributed by atoms with van der Waals surface area (Å²) >= 11 is 0. The Kier molecular flexibility index (Phi) is 9.09. The van der Waals surface area contributed by atoms with Gasteiger partial charge in [0.05, 0.1) is 12.9 Å². The third-order valence-corrected chi connectivity index (χ3v) is 4.26. The van der Waals surface area contributed by atoms with E-state index in [4.69, 9.17) is 15.2 Å². The Hall–Kier alpha value is -4.47. The minimum absolute atomic E-state index is 0.0650. The summed E-state index contributed by atoms with van der Waals surface area (Å²) in [6.45, 7) is 6.96. The smallest absolute Gasteiger partial charge is 0.475 e. The minimum atomic E-state index is -5.08. The average molecular weight is 503 g/mol. The molecule has 2 aromatic heterocycles. The normalized spacial score (nSPS) is 11.0. The number of amides is 1. The van der Waals surface area contributed by atoms with E-state index in [1.165, 1.54) is 6.20 Å². The van der Waals surface area contributed by atoms with Crippen LogP contribution in [0.25, 0.3) is 5.69 Å². The first-order valence-electron chi connectivity index (χ1n) is 10.4. The van der Waals surface area contributed by atoms with Gasteiger partial charge in [-0.3, -0.25) is 4.79 Å². The predicted octanol–water partition coefficient (Wildman–Crippen LogP) is 3.66. The molecule has 0 spiro atoms. The quantitative estimate of drug-likeness (QED) is 0.520. The van der Waals surface area contributed by atoms with Gasteiger partial charge in [-0.25, -0.2) is 19.7 Å². The van der Waals surface area contributed by atoms with Crippen LogP contribution in [0, 0.1) is 16.7 Å². The number of aliphatic carboxylic acids is 1. The van der Waals surface area contributed by atoms with Gasteiger partial charge in [-0.15, -0.1) is 0 Å². The van der Waals surface area contributed by atoms with Gasteiger partial charge >= 0.3 is 12.1 Å². The molecular formula is C23H24F3N7O3. The second-order valence-corrected chi connectivity index (χ2v) is 8.63. The highest BCUT2D eigenvalue weighted by Crippen LogP contribution is 2.20. The number of hydrogen-bond donors (Lipinski definition) is 2. The molecule has 13 heteroatoms. The van der Waals surface area contributed by atoms with Gasteiger partial charge in [0.15, 0.2) is 0 Å². The van der Waals surface area contributed by atoms with Crippen molar-refractivity contribution in [1.29, 1.82) is 5.26 Å². The molecule has 2 heterocycles. The maximum absolute atomic E-state index is 12.7. The number of carbonyl (C=O) groups excluding carboxylic acids is 1. The van der Waals surface area contributed by atoms with Crippen molar-refractivity contribution in [2.24, 2.45) is 5.41 Å². The van der Waals surface area contributed by atoms with Gasteiger partial charge in [0.25, 0.3) is 0 Å². The number of carbonyl (C=O) groups is 2. The number of alkyl halides is 3. The fourth-order valence-electron chi connectivity index (χ4n) is 2.87. The van der Waals surface area contributed by atoms with Crippen molar-refractivity contribution in [3.8, 4) is 11.8 Å². The summed E-state index contributed by atoms with van der Waals surface area (Å²) < 4.78 is 33.6. The number of halogens is 3. The fraction of sp³-hybridized carbons (Fsp3) is 0.304. The number of nitrogens with zero attached hydrogens (tertiary/aromatic N) is 6. The molecule has 0 radical (unpaired) electrons. The zero-order chi connectivity index (χ0) is 26.9. The Bertz CT molecular complexity index is 1200. The van der Waals surface area contributed by atoms with E-state index in [1.807, 2.05) is 46.0 Å². The van der Waals surface area contributed by atoms with Gasteiger partial charge in [-0.05, 0) is 35.7 Å². The molecular weight excluding hydrogens is 479 g/mol. The maximum Gasteiger partial charge on any atom is 0.490 e. The molecule has 0 saturated carbocycles. The highest BCUT2D eigenvalue weighted by molar-refractivity contribution is 5.94. The summed E-state index contributed by atoms with van der Waals surface area (Å²) in [4.78, 5) is 35.6. The van der Waals surface area contributed by atoms with Crippen LogP contribution in [0.1, 0.15) is 26.6 Å². The molecule has 0 saturated heterocycles. The topological polar surface area (TPSA) is 137 Å². The second-order valence-electron chi connectivity index (χ2n) is 8.63. The van der Waals surface area contributed by atoms with Crippen molar-refractivity contribution in [3.05, 3.63) is 61.1 Å². The predicted molar refractivity (Wildman–Crippen MR) is 124 cm³/mol. The van der Waals surface area contributed by atoms with E-state index in [9.17, 15) is 18.0 Å².